The number of fused-ring (bicyclic) bond motifs is 2. The molecule has 1 aliphatic heterocycles. The minimum absolute atomic E-state index is 0.119. The monoisotopic (exact) mass is 411 g/mol. The largest absolute Gasteiger partial charge is 0.453 e. The predicted octanol–water partition coefficient (Wildman–Crippen LogP) is 2.98. The topological polar surface area (TPSA) is 102 Å². The molecule has 0 aromatic heterocycles. The summed E-state index contributed by atoms with van der Waals surface area (Å²) in [6, 6.07) is 9.15. The fourth-order valence-corrected chi connectivity index (χ4v) is 2.55. The molecule has 2 amide bonds. The molecule has 0 saturated carbocycles. The minimum Gasteiger partial charge on any atom is -0.453 e. The van der Waals surface area contributed by atoms with E-state index in [1.807, 2.05) is 0 Å². The van der Waals surface area contributed by atoms with Gasteiger partial charge in [0.15, 0.2) is 16.8 Å². The SMILES string of the molecule is C=CCOC(=O)N(C)CCN(C)C(=O)Oc1ccc2nc3ccc(=O)cc-3oc2c1. The molecule has 156 valence electrons. The van der Waals surface area contributed by atoms with E-state index in [1.54, 1.807) is 32.3 Å². The highest BCUT2D eigenvalue weighted by molar-refractivity contribution is 5.79. The second-order valence-electron chi connectivity index (χ2n) is 6.55. The molecule has 0 saturated heterocycles. The molecule has 0 spiro atoms. The first-order valence-corrected chi connectivity index (χ1v) is 9.14. The molecule has 9 nitrogen and oxygen atoms in total. The van der Waals surface area contributed by atoms with Crippen molar-refractivity contribution < 1.29 is 23.5 Å². The molecule has 1 aromatic carbocycles. The Kier molecular flexibility index (Phi) is 6.31. The van der Waals surface area contributed by atoms with Crippen molar-refractivity contribution in [2.45, 2.75) is 0 Å². The lowest BCUT2D eigenvalue weighted by Gasteiger charge is -2.21. The van der Waals surface area contributed by atoms with E-state index in [0.717, 1.165) is 0 Å². The highest BCUT2D eigenvalue weighted by atomic mass is 16.6. The van der Waals surface area contributed by atoms with Crippen molar-refractivity contribution in [3.05, 3.63) is 59.3 Å². The fourth-order valence-electron chi connectivity index (χ4n) is 2.55. The number of ether oxygens (including phenoxy) is 2. The molecule has 30 heavy (non-hydrogen) atoms. The predicted molar refractivity (Wildman–Crippen MR) is 110 cm³/mol. The molecule has 0 atom stereocenters. The second kappa shape index (κ2) is 9.08. The van der Waals surface area contributed by atoms with E-state index in [4.69, 9.17) is 13.9 Å². The number of aromatic nitrogens is 1. The first kappa shape index (κ1) is 20.8. The zero-order valence-electron chi connectivity index (χ0n) is 16.7. The van der Waals surface area contributed by atoms with Gasteiger partial charge in [0, 0.05) is 39.3 Å². The Morgan fingerprint density at radius 1 is 1.10 bits per heavy atom. The molecule has 1 aromatic rings. The summed E-state index contributed by atoms with van der Waals surface area (Å²) in [7, 11) is 3.13. The maximum Gasteiger partial charge on any atom is 0.415 e. The average Bonchev–Trinajstić information content (AvgIpc) is 2.73. The maximum absolute atomic E-state index is 12.3. The number of hydrogen-bond donors (Lipinski definition) is 0. The highest BCUT2D eigenvalue weighted by Crippen LogP contribution is 2.26. The van der Waals surface area contributed by atoms with Crippen LogP contribution in [-0.2, 0) is 4.74 Å². The molecule has 3 rings (SSSR count). The normalized spacial score (nSPS) is 10.6. The smallest absolute Gasteiger partial charge is 0.415 e. The molecule has 0 N–H and O–H groups in total. The van der Waals surface area contributed by atoms with Crippen LogP contribution in [0, 0.1) is 0 Å². The van der Waals surface area contributed by atoms with E-state index >= 15 is 0 Å². The maximum atomic E-state index is 12.3. The highest BCUT2D eigenvalue weighted by Gasteiger charge is 2.16. The van der Waals surface area contributed by atoms with Crippen LogP contribution >= 0.6 is 0 Å². The number of nitrogens with zero attached hydrogens (tertiary/aromatic N) is 3. The number of carbonyl (C=O) groups excluding carboxylic acids is 2. The van der Waals surface area contributed by atoms with Gasteiger partial charge in [-0.3, -0.25) is 4.79 Å². The summed E-state index contributed by atoms with van der Waals surface area (Å²) in [5.74, 6) is 0.614. The first-order chi connectivity index (χ1) is 14.4. The van der Waals surface area contributed by atoms with Gasteiger partial charge in [0.05, 0.1) is 0 Å². The van der Waals surface area contributed by atoms with Crippen molar-refractivity contribution in [3.63, 3.8) is 0 Å². The molecule has 9 heteroatoms. The van der Waals surface area contributed by atoms with Crippen LogP contribution in [0.1, 0.15) is 0 Å². The molecular weight excluding hydrogens is 390 g/mol. The number of rotatable bonds is 6. The Labute approximate surface area is 172 Å². The Morgan fingerprint density at radius 2 is 1.83 bits per heavy atom. The van der Waals surface area contributed by atoms with Crippen LogP contribution in [0.2, 0.25) is 0 Å². The van der Waals surface area contributed by atoms with Crippen molar-refractivity contribution >= 4 is 23.3 Å². The second-order valence-corrected chi connectivity index (χ2v) is 6.55. The van der Waals surface area contributed by atoms with Crippen LogP contribution in [0.25, 0.3) is 22.6 Å². The van der Waals surface area contributed by atoms with Crippen LogP contribution in [-0.4, -0.2) is 60.8 Å². The number of likely N-dealkylation sites (N-methyl/N-ethyl adjacent to an activating group) is 2. The first-order valence-electron chi connectivity index (χ1n) is 9.14. The van der Waals surface area contributed by atoms with Gasteiger partial charge in [0.25, 0.3) is 0 Å². The van der Waals surface area contributed by atoms with Crippen LogP contribution in [0.5, 0.6) is 5.75 Å². The van der Waals surface area contributed by atoms with E-state index in [1.165, 1.54) is 34.1 Å². The van der Waals surface area contributed by atoms with Gasteiger partial charge >= 0.3 is 12.2 Å². The third kappa shape index (κ3) is 4.93. The van der Waals surface area contributed by atoms with Gasteiger partial charge in [0.2, 0.25) is 0 Å². The molecule has 0 bridgehead atoms. The van der Waals surface area contributed by atoms with Gasteiger partial charge in [-0.05, 0) is 24.3 Å². The molecule has 0 unspecified atom stereocenters. The molecule has 0 radical (unpaired) electrons. The Balaban J connectivity index is 1.65. The molecule has 1 heterocycles. The van der Waals surface area contributed by atoms with E-state index in [9.17, 15) is 14.4 Å². The molecule has 1 aliphatic carbocycles. The van der Waals surface area contributed by atoms with E-state index in [2.05, 4.69) is 11.6 Å². The van der Waals surface area contributed by atoms with Crippen LogP contribution in [0.4, 0.5) is 9.59 Å². The molecule has 2 aliphatic rings. The van der Waals surface area contributed by atoms with Gasteiger partial charge in [-0.25, -0.2) is 14.6 Å². The number of benzene rings is 2. The van der Waals surface area contributed by atoms with Crippen LogP contribution in [0.3, 0.4) is 0 Å². The molecular formula is C21H21N3O6. The third-order valence-electron chi connectivity index (χ3n) is 4.25. The lowest BCUT2D eigenvalue weighted by Crippen LogP contribution is -2.38. The van der Waals surface area contributed by atoms with Crippen molar-refractivity contribution in [3.8, 4) is 17.2 Å². The minimum atomic E-state index is -0.599. The summed E-state index contributed by atoms with van der Waals surface area (Å²) < 4.78 is 16.0. The summed E-state index contributed by atoms with van der Waals surface area (Å²) in [4.78, 5) is 42.6. The van der Waals surface area contributed by atoms with Gasteiger partial charge < -0.3 is 23.7 Å². The molecule has 0 fully saturated rings. The summed E-state index contributed by atoms with van der Waals surface area (Å²) >= 11 is 0. The zero-order chi connectivity index (χ0) is 21.7. The van der Waals surface area contributed by atoms with Crippen molar-refractivity contribution in [1.29, 1.82) is 0 Å². The van der Waals surface area contributed by atoms with Gasteiger partial charge in [-0.1, -0.05) is 12.7 Å². The van der Waals surface area contributed by atoms with E-state index in [-0.39, 0.29) is 30.9 Å². The quantitative estimate of drug-likeness (QED) is 0.454. The van der Waals surface area contributed by atoms with Crippen molar-refractivity contribution in [1.82, 2.24) is 14.8 Å². The Bertz CT molecular complexity index is 1110. The van der Waals surface area contributed by atoms with E-state index < -0.39 is 12.2 Å². The van der Waals surface area contributed by atoms with Gasteiger partial charge in [0.1, 0.15) is 23.6 Å². The van der Waals surface area contributed by atoms with E-state index in [0.29, 0.717) is 22.6 Å². The van der Waals surface area contributed by atoms with Crippen molar-refractivity contribution in [2.75, 3.05) is 33.8 Å². The summed E-state index contributed by atoms with van der Waals surface area (Å²) in [6.07, 6.45) is 0.370. The average molecular weight is 411 g/mol. The van der Waals surface area contributed by atoms with Crippen LogP contribution < -0.4 is 10.2 Å². The van der Waals surface area contributed by atoms with Crippen LogP contribution in [0.15, 0.2) is 58.3 Å². The standard InChI is InChI=1S/C21H21N3O6/c1-4-11-28-20(26)23(2)9-10-24(3)21(27)29-15-6-8-17-19(13-15)30-18-12-14(25)5-7-16(18)22-17/h4-8,12-13H,1,9-11H2,2-3H3. The number of hydrogen-bond acceptors (Lipinski definition) is 7. The van der Waals surface area contributed by atoms with Gasteiger partial charge in [-0.15, -0.1) is 0 Å². The Hall–Kier alpha value is -3.88. The van der Waals surface area contributed by atoms with Crippen molar-refractivity contribution in [2.24, 2.45) is 0 Å². The van der Waals surface area contributed by atoms with Gasteiger partial charge in [-0.2, -0.15) is 0 Å². The summed E-state index contributed by atoms with van der Waals surface area (Å²) in [5, 5.41) is 0. The summed E-state index contributed by atoms with van der Waals surface area (Å²) in [6.45, 7) is 4.11. The third-order valence-corrected chi connectivity index (χ3v) is 4.25. The zero-order valence-corrected chi connectivity index (χ0v) is 16.7. The summed E-state index contributed by atoms with van der Waals surface area (Å²) in [5.41, 5.74) is 1.32. The lowest BCUT2D eigenvalue weighted by atomic mass is 10.2. The number of amides is 2. The number of carbonyl (C=O) groups is 2. The fraction of sp³-hybridized carbons (Fsp3) is 0.238. The Morgan fingerprint density at radius 3 is 2.57 bits per heavy atom. The lowest BCUT2D eigenvalue weighted by molar-refractivity contribution is 0.115.